The van der Waals surface area contributed by atoms with Gasteiger partial charge in [0.2, 0.25) is 11.8 Å². The lowest BCUT2D eigenvalue weighted by molar-refractivity contribution is -0.136. The molecular formula is C26H25N3O3S. The van der Waals surface area contributed by atoms with Gasteiger partial charge in [0.25, 0.3) is 5.91 Å². The topological polar surface area (TPSA) is 79.4 Å². The van der Waals surface area contributed by atoms with Crippen molar-refractivity contribution in [3.05, 3.63) is 64.7 Å². The summed E-state index contributed by atoms with van der Waals surface area (Å²) in [6, 6.07) is 15.4. The molecule has 0 spiro atoms. The second-order valence-electron chi connectivity index (χ2n) is 9.58. The average Bonchev–Trinajstić information content (AvgIpc) is 3.36. The summed E-state index contributed by atoms with van der Waals surface area (Å²) < 4.78 is 0. The Morgan fingerprint density at radius 3 is 2.48 bits per heavy atom. The van der Waals surface area contributed by atoms with Crippen LogP contribution in [0, 0.1) is 0 Å². The van der Waals surface area contributed by atoms with Gasteiger partial charge >= 0.3 is 0 Å². The number of hydrogen-bond acceptors (Lipinski definition) is 5. The van der Waals surface area contributed by atoms with Gasteiger partial charge in [-0.2, -0.15) is 0 Å². The summed E-state index contributed by atoms with van der Waals surface area (Å²) in [4.78, 5) is 44.6. The summed E-state index contributed by atoms with van der Waals surface area (Å²) in [6.45, 7) is 6.82. The first-order valence-electron chi connectivity index (χ1n) is 11.1. The van der Waals surface area contributed by atoms with Crippen LogP contribution in [0.5, 0.6) is 0 Å². The molecule has 0 aliphatic carbocycles. The number of imide groups is 1. The van der Waals surface area contributed by atoms with Crippen molar-refractivity contribution >= 4 is 29.1 Å². The molecule has 1 aromatic heterocycles. The monoisotopic (exact) mass is 459 g/mol. The van der Waals surface area contributed by atoms with Gasteiger partial charge in [-0.15, -0.1) is 11.3 Å². The standard InChI is InChI=1S/C26H25N3O3S/c1-26(2,3)25-28-21(22(33-25)15-7-5-4-6-8-15)16-9-10-18-17(13-16)14-29(24(18)32)19-11-12-20(30)27-23(19)31/h4-10,13,19H,11-12,14H2,1-3H3,(H,27,30,31). The van der Waals surface area contributed by atoms with Crippen LogP contribution in [0.25, 0.3) is 21.7 Å². The molecule has 7 heteroatoms. The van der Waals surface area contributed by atoms with Gasteiger partial charge in [0.1, 0.15) is 6.04 Å². The first-order valence-corrected chi connectivity index (χ1v) is 11.9. The minimum Gasteiger partial charge on any atom is -0.322 e. The fourth-order valence-electron chi connectivity index (χ4n) is 4.34. The van der Waals surface area contributed by atoms with E-state index in [4.69, 9.17) is 4.98 Å². The van der Waals surface area contributed by atoms with Crippen LogP contribution in [0.4, 0.5) is 0 Å². The van der Waals surface area contributed by atoms with Gasteiger partial charge < -0.3 is 4.90 Å². The quantitative estimate of drug-likeness (QED) is 0.584. The van der Waals surface area contributed by atoms with E-state index in [-0.39, 0.29) is 23.7 Å². The van der Waals surface area contributed by atoms with E-state index < -0.39 is 11.9 Å². The van der Waals surface area contributed by atoms with E-state index >= 15 is 0 Å². The van der Waals surface area contributed by atoms with Gasteiger partial charge in [-0.25, -0.2) is 4.98 Å². The highest BCUT2D eigenvalue weighted by atomic mass is 32.1. The smallest absolute Gasteiger partial charge is 0.255 e. The summed E-state index contributed by atoms with van der Waals surface area (Å²) >= 11 is 1.70. The van der Waals surface area contributed by atoms with Gasteiger partial charge in [-0.3, -0.25) is 19.7 Å². The Morgan fingerprint density at radius 1 is 1.03 bits per heavy atom. The molecule has 2 aliphatic rings. The molecule has 1 N–H and O–H groups in total. The van der Waals surface area contributed by atoms with Gasteiger partial charge in [0, 0.05) is 29.5 Å². The van der Waals surface area contributed by atoms with E-state index in [0.717, 1.165) is 32.3 Å². The highest BCUT2D eigenvalue weighted by molar-refractivity contribution is 7.15. The highest BCUT2D eigenvalue weighted by Crippen LogP contribution is 2.41. The molecule has 1 unspecified atom stereocenters. The molecule has 6 nitrogen and oxygen atoms in total. The lowest BCUT2D eigenvalue weighted by atomic mass is 9.98. The van der Waals surface area contributed by atoms with Crippen molar-refractivity contribution in [2.45, 2.75) is 51.6 Å². The maximum absolute atomic E-state index is 13.0. The van der Waals surface area contributed by atoms with Crippen LogP contribution in [-0.2, 0) is 21.5 Å². The number of fused-ring (bicyclic) bond motifs is 1. The van der Waals surface area contributed by atoms with Crippen molar-refractivity contribution < 1.29 is 14.4 Å². The Balaban J connectivity index is 1.53. The molecule has 1 fully saturated rings. The molecule has 3 heterocycles. The van der Waals surface area contributed by atoms with Crippen LogP contribution in [0.1, 0.15) is 54.5 Å². The van der Waals surface area contributed by atoms with Crippen LogP contribution in [0.15, 0.2) is 48.5 Å². The molecular weight excluding hydrogens is 434 g/mol. The normalized spacial score (nSPS) is 18.5. The third kappa shape index (κ3) is 3.86. The van der Waals surface area contributed by atoms with Crippen LogP contribution < -0.4 is 5.32 Å². The number of benzene rings is 2. The molecule has 0 bridgehead atoms. The first kappa shape index (κ1) is 21.5. The Morgan fingerprint density at radius 2 is 1.79 bits per heavy atom. The number of thiazole rings is 1. The maximum Gasteiger partial charge on any atom is 0.255 e. The van der Waals surface area contributed by atoms with Crippen LogP contribution in [0.2, 0.25) is 0 Å². The Hall–Kier alpha value is -3.32. The van der Waals surface area contributed by atoms with Gasteiger partial charge in [-0.1, -0.05) is 57.2 Å². The van der Waals surface area contributed by atoms with Gasteiger partial charge in [0.15, 0.2) is 0 Å². The molecule has 33 heavy (non-hydrogen) atoms. The fourth-order valence-corrected chi connectivity index (χ4v) is 5.49. The molecule has 3 aromatic rings. The zero-order valence-electron chi connectivity index (χ0n) is 18.8. The number of rotatable bonds is 3. The van der Waals surface area contributed by atoms with Crippen molar-refractivity contribution in [3.63, 3.8) is 0 Å². The Bertz CT molecular complexity index is 1270. The van der Waals surface area contributed by atoms with E-state index in [1.807, 2.05) is 36.4 Å². The number of nitrogens with one attached hydrogen (secondary N) is 1. The van der Waals surface area contributed by atoms with Crippen molar-refractivity contribution in [2.75, 3.05) is 0 Å². The minimum absolute atomic E-state index is 0.0816. The van der Waals surface area contributed by atoms with Crippen molar-refractivity contribution in [3.8, 4) is 21.7 Å². The van der Waals surface area contributed by atoms with E-state index in [9.17, 15) is 14.4 Å². The summed E-state index contributed by atoms with van der Waals surface area (Å²) in [5.74, 6) is -0.842. The number of carbonyl (C=O) groups excluding carboxylic acids is 3. The average molecular weight is 460 g/mol. The third-order valence-corrected chi connectivity index (χ3v) is 7.63. The molecule has 3 amide bonds. The van der Waals surface area contributed by atoms with Crippen LogP contribution in [-0.4, -0.2) is 33.6 Å². The zero-order valence-corrected chi connectivity index (χ0v) is 19.7. The SMILES string of the molecule is CC(C)(C)c1nc(-c2ccc3c(c2)CN(C2CCC(=O)NC2=O)C3=O)c(-c2ccccc2)s1. The molecule has 168 valence electrons. The number of carbonyl (C=O) groups is 3. The van der Waals surface area contributed by atoms with Crippen molar-refractivity contribution in [1.82, 2.24) is 15.2 Å². The van der Waals surface area contributed by atoms with Crippen molar-refractivity contribution in [1.29, 1.82) is 0 Å². The van der Waals surface area contributed by atoms with E-state index in [0.29, 0.717) is 18.5 Å². The number of hydrogen-bond donors (Lipinski definition) is 1. The molecule has 2 aromatic carbocycles. The van der Waals surface area contributed by atoms with Crippen LogP contribution >= 0.6 is 11.3 Å². The minimum atomic E-state index is -0.613. The number of amides is 3. The van der Waals surface area contributed by atoms with Crippen molar-refractivity contribution in [2.24, 2.45) is 0 Å². The van der Waals surface area contributed by atoms with Crippen LogP contribution in [0.3, 0.4) is 0 Å². The Labute approximate surface area is 196 Å². The van der Waals surface area contributed by atoms with Gasteiger partial charge in [0.05, 0.1) is 15.6 Å². The summed E-state index contributed by atoms with van der Waals surface area (Å²) in [5, 5.41) is 3.41. The third-order valence-electron chi connectivity index (χ3n) is 6.10. The molecule has 1 atom stereocenters. The fraction of sp³-hybridized carbons (Fsp3) is 0.308. The lowest BCUT2D eigenvalue weighted by Crippen LogP contribution is -2.52. The number of nitrogens with zero attached hydrogens (tertiary/aromatic N) is 2. The first-order chi connectivity index (χ1) is 15.7. The second-order valence-corrected chi connectivity index (χ2v) is 10.6. The molecule has 0 saturated carbocycles. The van der Waals surface area contributed by atoms with E-state index in [1.54, 1.807) is 16.2 Å². The Kier molecular flexibility index (Phi) is 5.16. The lowest BCUT2D eigenvalue weighted by Gasteiger charge is -2.29. The van der Waals surface area contributed by atoms with E-state index in [2.05, 4.69) is 38.2 Å². The molecule has 2 aliphatic heterocycles. The summed E-state index contributed by atoms with van der Waals surface area (Å²) in [5.41, 5.74) is 4.38. The molecule has 0 radical (unpaired) electrons. The van der Waals surface area contributed by atoms with E-state index in [1.165, 1.54) is 0 Å². The highest BCUT2D eigenvalue weighted by Gasteiger charge is 2.39. The summed E-state index contributed by atoms with van der Waals surface area (Å²) in [6.07, 6.45) is 0.604. The molecule has 5 rings (SSSR count). The maximum atomic E-state index is 13.0. The zero-order chi connectivity index (χ0) is 23.3. The number of piperidine rings is 1. The number of aromatic nitrogens is 1. The predicted octanol–water partition coefficient (Wildman–Crippen LogP) is 4.54. The second kappa shape index (κ2) is 7.92. The molecule has 1 saturated heterocycles. The van der Waals surface area contributed by atoms with Gasteiger partial charge in [-0.05, 0) is 29.7 Å². The predicted molar refractivity (Wildman–Crippen MR) is 128 cm³/mol. The largest absolute Gasteiger partial charge is 0.322 e. The summed E-state index contributed by atoms with van der Waals surface area (Å²) in [7, 11) is 0.